The van der Waals surface area contributed by atoms with Gasteiger partial charge in [0, 0.05) is 13.1 Å². The molecular formula is C46H92N2O4. The van der Waals surface area contributed by atoms with Gasteiger partial charge in [0.1, 0.15) is 0 Å². The van der Waals surface area contributed by atoms with Crippen molar-refractivity contribution in [2.45, 2.75) is 258 Å². The zero-order valence-corrected chi connectivity index (χ0v) is 35.3. The van der Waals surface area contributed by atoms with E-state index >= 15 is 0 Å². The minimum atomic E-state index is -0.272. The lowest BCUT2D eigenvalue weighted by molar-refractivity contribution is 0.141. The topological polar surface area (TPSA) is 76.7 Å². The highest BCUT2D eigenvalue weighted by molar-refractivity contribution is 5.67. The monoisotopic (exact) mass is 737 g/mol. The first-order valence-electron chi connectivity index (χ1n) is 23.5. The third-order valence-electron chi connectivity index (χ3n) is 10.6. The lowest BCUT2D eigenvalue weighted by atomic mass is 10.0. The molecule has 0 unspecified atom stereocenters. The number of rotatable bonds is 43. The molecule has 2 amide bonds. The average molecular weight is 737 g/mol. The zero-order chi connectivity index (χ0) is 37.7. The Morgan fingerprint density at radius 3 is 0.712 bits per heavy atom. The maximum atomic E-state index is 11.9. The van der Waals surface area contributed by atoms with Gasteiger partial charge in [0.2, 0.25) is 0 Å². The summed E-state index contributed by atoms with van der Waals surface area (Å²) in [5, 5.41) is 5.80. The summed E-state index contributed by atoms with van der Waals surface area (Å²) >= 11 is 0. The molecule has 6 heteroatoms. The van der Waals surface area contributed by atoms with E-state index < -0.39 is 0 Å². The smallest absolute Gasteiger partial charge is 0.407 e. The van der Waals surface area contributed by atoms with Gasteiger partial charge >= 0.3 is 12.2 Å². The molecule has 0 atom stereocenters. The molecule has 52 heavy (non-hydrogen) atoms. The number of hydrogen-bond acceptors (Lipinski definition) is 4. The molecule has 0 fully saturated rings. The van der Waals surface area contributed by atoms with Gasteiger partial charge < -0.3 is 20.1 Å². The minimum absolute atomic E-state index is 0.272. The fourth-order valence-electron chi connectivity index (χ4n) is 7.07. The second-order valence-electron chi connectivity index (χ2n) is 15.9. The second kappa shape index (κ2) is 45.7. The lowest BCUT2D eigenvalue weighted by Gasteiger charge is -2.08. The molecule has 0 aromatic rings. The average Bonchev–Trinajstić information content (AvgIpc) is 3.14. The number of carbonyl (C=O) groups excluding carboxylic acids is 2. The maximum absolute atomic E-state index is 11.9. The van der Waals surface area contributed by atoms with Crippen LogP contribution in [-0.2, 0) is 9.47 Å². The summed E-state index contributed by atoms with van der Waals surface area (Å²) in [5.74, 6) is 0. The van der Waals surface area contributed by atoms with Crippen LogP contribution in [0.5, 0.6) is 0 Å². The van der Waals surface area contributed by atoms with Gasteiger partial charge in [-0.2, -0.15) is 0 Å². The molecule has 0 aliphatic rings. The summed E-state index contributed by atoms with van der Waals surface area (Å²) in [6.45, 7) is 7.00. The second-order valence-corrected chi connectivity index (χ2v) is 15.9. The van der Waals surface area contributed by atoms with Gasteiger partial charge in [0.25, 0.3) is 0 Å². The van der Waals surface area contributed by atoms with Gasteiger partial charge in [-0.25, -0.2) is 9.59 Å². The van der Waals surface area contributed by atoms with Crippen LogP contribution < -0.4 is 10.6 Å². The van der Waals surface area contributed by atoms with Crippen molar-refractivity contribution >= 4 is 12.2 Å². The zero-order valence-electron chi connectivity index (χ0n) is 35.3. The number of ether oxygens (including phenoxy) is 2. The Morgan fingerprint density at radius 2 is 0.481 bits per heavy atom. The van der Waals surface area contributed by atoms with E-state index in [0.29, 0.717) is 13.2 Å². The predicted octanol–water partition coefficient (Wildman–Crippen LogP) is 15.3. The molecule has 0 bridgehead atoms. The Balaban J connectivity index is 3.22. The normalized spacial score (nSPS) is 11.2. The first kappa shape index (κ1) is 50.5. The highest BCUT2D eigenvalue weighted by Gasteiger charge is 2.03. The number of carbonyl (C=O) groups is 2. The summed E-state index contributed by atoms with van der Waals surface area (Å²) in [6.07, 6.45) is 49.1. The fourth-order valence-corrected chi connectivity index (χ4v) is 7.07. The molecule has 310 valence electrons. The van der Waals surface area contributed by atoms with Crippen molar-refractivity contribution < 1.29 is 19.1 Å². The first-order valence-corrected chi connectivity index (χ1v) is 23.5. The minimum Gasteiger partial charge on any atom is -0.450 e. The molecule has 0 aliphatic carbocycles. The van der Waals surface area contributed by atoms with E-state index in [1.807, 2.05) is 0 Å². The van der Waals surface area contributed by atoms with Crippen LogP contribution in [-0.4, -0.2) is 38.5 Å². The van der Waals surface area contributed by atoms with Crippen LogP contribution in [0.15, 0.2) is 0 Å². The summed E-state index contributed by atoms with van der Waals surface area (Å²) in [4.78, 5) is 23.8. The van der Waals surface area contributed by atoms with Crippen LogP contribution in [0.3, 0.4) is 0 Å². The van der Waals surface area contributed by atoms with Crippen LogP contribution >= 0.6 is 0 Å². The molecule has 0 heterocycles. The van der Waals surface area contributed by atoms with E-state index in [4.69, 9.17) is 9.47 Å². The molecule has 6 nitrogen and oxygen atoms in total. The van der Waals surface area contributed by atoms with E-state index in [1.165, 1.54) is 193 Å². The van der Waals surface area contributed by atoms with Gasteiger partial charge in [-0.1, -0.05) is 232 Å². The Bertz CT molecular complexity index is 646. The van der Waals surface area contributed by atoms with E-state index in [-0.39, 0.29) is 12.2 Å². The molecule has 0 aromatic carbocycles. The predicted molar refractivity (Wildman–Crippen MR) is 225 cm³/mol. The van der Waals surface area contributed by atoms with E-state index in [0.717, 1.165) is 64.5 Å². The maximum Gasteiger partial charge on any atom is 0.407 e. The summed E-state index contributed by atoms with van der Waals surface area (Å²) < 4.78 is 10.7. The van der Waals surface area contributed by atoms with Crippen molar-refractivity contribution in [1.29, 1.82) is 0 Å². The fraction of sp³-hybridized carbons (Fsp3) is 0.957. The number of alkyl carbamates (subject to hydrolysis) is 2. The molecule has 0 saturated heterocycles. The van der Waals surface area contributed by atoms with Gasteiger partial charge in [-0.15, -0.1) is 0 Å². The number of amides is 2. The largest absolute Gasteiger partial charge is 0.450 e. The summed E-state index contributed by atoms with van der Waals surface area (Å²) in [6, 6.07) is 0. The third-order valence-corrected chi connectivity index (χ3v) is 10.6. The molecule has 0 radical (unpaired) electrons. The number of hydrogen-bond donors (Lipinski definition) is 2. The highest BCUT2D eigenvalue weighted by Crippen LogP contribution is 2.15. The standard InChI is InChI=1S/C46H92N2O4/c1-3-5-7-9-11-13-15-17-19-21-23-25-27-29-33-37-41-47-45(49)51-43-39-35-31-32-36-40-44-52-46(50)48-42-38-34-30-28-26-24-22-20-18-16-14-12-10-8-6-4-2/h3-44H2,1-2H3,(H,47,49)(H,48,50). The molecule has 0 aliphatic heterocycles. The lowest BCUT2D eigenvalue weighted by Crippen LogP contribution is -2.25. The van der Waals surface area contributed by atoms with Crippen LogP contribution in [0, 0.1) is 0 Å². The molecule has 2 N–H and O–H groups in total. The molecule has 0 spiro atoms. The van der Waals surface area contributed by atoms with E-state index in [2.05, 4.69) is 24.5 Å². The quantitative estimate of drug-likeness (QED) is 0.0611. The molecule has 0 rings (SSSR count). The van der Waals surface area contributed by atoms with Gasteiger partial charge in [-0.3, -0.25) is 0 Å². The van der Waals surface area contributed by atoms with Crippen molar-refractivity contribution in [2.24, 2.45) is 0 Å². The first-order chi connectivity index (χ1) is 25.7. The Kier molecular flexibility index (Phi) is 44.4. The van der Waals surface area contributed by atoms with Crippen molar-refractivity contribution in [1.82, 2.24) is 10.6 Å². The third kappa shape index (κ3) is 44.7. The van der Waals surface area contributed by atoms with Gasteiger partial charge in [0.15, 0.2) is 0 Å². The Morgan fingerprint density at radius 1 is 0.288 bits per heavy atom. The number of unbranched alkanes of at least 4 members (excludes halogenated alkanes) is 35. The van der Waals surface area contributed by atoms with E-state index in [9.17, 15) is 9.59 Å². The summed E-state index contributed by atoms with van der Waals surface area (Å²) in [5.41, 5.74) is 0. The van der Waals surface area contributed by atoms with E-state index in [1.54, 1.807) is 0 Å². The van der Waals surface area contributed by atoms with Gasteiger partial charge in [0.05, 0.1) is 13.2 Å². The van der Waals surface area contributed by atoms with Crippen LogP contribution in [0.25, 0.3) is 0 Å². The Hall–Kier alpha value is -1.46. The SMILES string of the molecule is CCCCCCCCCCCCCCCCCCNC(=O)OCCCCCCCCOC(=O)NCCCCCCCCCCCCCCCCCC. The van der Waals surface area contributed by atoms with Crippen LogP contribution in [0.2, 0.25) is 0 Å². The van der Waals surface area contributed by atoms with Gasteiger partial charge in [-0.05, 0) is 25.7 Å². The number of nitrogens with one attached hydrogen (secondary N) is 2. The van der Waals surface area contributed by atoms with Crippen LogP contribution in [0.4, 0.5) is 9.59 Å². The molecule has 0 saturated carbocycles. The molecular weight excluding hydrogens is 645 g/mol. The summed E-state index contributed by atoms with van der Waals surface area (Å²) in [7, 11) is 0. The Labute approximate surface area is 325 Å². The van der Waals surface area contributed by atoms with Crippen molar-refractivity contribution in [2.75, 3.05) is 26.3 Å². The van der Waals surface area contributed by atoms with Crippen molar-refractivity contribution in [3.05, 3.63) is 0 Å². The molecule has 0 aromatic heterocycles. The van der Waals surface area contributed by atoms with Crippen molar-refractivity contribution in [3.63, 3.8) is 0 Å². The van der Waals surface area contributed by atoms with Crippen LogP contribution in [0.1, 0.15) is 258 Å². The van der Waals surface area contributed by atoms with Crippen molar-refractivity contribution in [3.8, 4) is 0 Å². The highest BCUT2D eigenvalue weighted by atomic mass is 16.6.